The first-order valence-corrected chi connectivity index (χ1v) is 13.6. The van der Waals surface area contributed by atoms with Gasteiger partial charge in [0, 0.05) is 28.0 Å². The highest BCUT2D eigenvalue weighted by Crippen LogP contribution is 2.55. The summed E-state index contributed by atoms with van der Waals surface area (Å²) in [5.74, 6) is -2.84. The number of fused-ring (bicyclic) bond motifs is 3. The average molecular weight is 580 g/mol. The normalized spacial score (nSPS) is 27.0. The Kier molecular flexibility index (Phi) is 5.80. The number of carbonyl (C=O) groups is 4. The molecule has 4 unspecified atom stereocenters. The van der Waals surface area contributed by atoms with Gasteiger partial charge in [0.25, 0.3) is 0 Å². The first-order chi connectivity index (χ1) is 17.8. The Bertz CT molecular complexity index is 1470. The van der Waals surface area contributed by atoms with Crippen LogP contribution in [0, 0.1) is 17.8 Å². The lowest BCUT2D eigenvalue weighted by molar-refractivity contribution is -0.140. The second kappa shape index (κ2) is 8.92. The van der Waals surface area contributed by atoms with Gasteiger partial charge in [0.2, 0.25) is 11.8 Å². The first kappa shape index (κ1) is 24.1. The molecule has 3 aliphatic carbocycles. The molecule has 4 atom stereocenters. The largest absolute Gasteiger partial charge is 0.504 e. The van der Waals surface area contributed by atoms with Crippen molar-refractivity contribution in [3.8, 4) is 11.5 Å². The minimum Gasteiger partial charge on any atom is -0.504 e. The third-order valence-corrected chi connectivity index (χ3v) is 9.30. The van der Waals surface area contributed by atoms with Crippen LogP contribution in [-0.4, -0.2) is 40.5 Å². The van der Waals surface area contributed by atoms with Gasteiger partial charge >= 0.3 is 0 Å². The molecule has 37 heavy (non-hydrogen) atoms. The Labute approximate surface area is 225 Å². The zero-order valence-electron chi connectivity index (χ0n) is 19.8. The van der Waals surface area contributed by atoms with Crippen molar-refractivity contribution in [2.75, 3.05) is 7.11 Å². The van der Waals surface area contributed by atoms with Crippen LogP contribution < -0.4 is 4.74 Å². The minimum absolute atomic E-state index is 0.0417. The molecule has 1 aromatic heterocycles. The Hall–Kier alpha value is -3.30. The predicted molar refractivity (Wildman–Crippen MR) is 139 cm³/mol. The molecule has 1 N–H and O–H groups in total. The van der Waals surface area contributed by atoms with Crippen LogP contribution in [0.2, 0.25) is 0 Å². The second-order valence-corrected chi connectivity index (χ2v) is 11.6. The molecular formula is C28H22BrNO6S. The average Bonchev–Trinajstić information content (AvgIpc) is 3.49. The zero-order chi connectivity index (χ0) is 26.0. The number of hydrogen-bond donors (Lipinski definition) is 1. The smallest absolute Gasteiger partial charge is 0.234 e. The van der Waals surface area contributed by atoms with E-state index in [0.717, 1.165) is 10.5 Å². The molecule has 1 fully saturated rings. The van der Waals surface area contributed by atoms with Crippen LogP contribution in [0.25, 0.3) is 0 Å². The molecule has 1 aliphatic heterocycles. The van der Waals surface area contributed by atoms with Crippen LogP contribution in [0.1, 0.15) is 29.2 Å². The molecule has 2 aromatic rings. The highest BCUT2D eigenvalue weighted by molar-refractivity contribution is 9.12. The van der Waals surface area contributed by atoms with Crippen LogP contribution in [0.4, 0.5) is 0 Å². The number of thiophene rings is 1. The number of imide groups is 1. The summed E-state index contributed by atoms with van der Waals surface area (Å²) in [6.07, 6.45) is 3.88. The number of phenolic OH excluding ortho intramolecular Hbond substituents is 1. The van der Waals surface area contributed by atoms with Gasteiger partial charge in [-0.1, -0.05) is 23.8 Å². The van der Waals surface area contributed by atoms with Crippen molar-refractivity contribution in [3.05, 3.63) is 79.5 Å². The lowest BCUT2D eigenvalue weighted by atomic mass is 9.59. The number of allylic oxidation sites excluding steroid dienone is 6. The topological polar surface area (TPSA) is 101 Å². The summed E-state index contributed by atoms with van der Waals surface area (Å²) in [4.78, 5) is 55.9. The van der Waals surface area contributed by atoms with Crippen molar-refractivity contribution < 1.29 is 29.0 Å². The van der Waals surface area contributed by atoms with Crippen LogP contribution in [0.5, 0.6) is 11.5 Å². The monoisotopic (exact) mass is 579 g/mol. The van der Waals surface area contributed by atoms with Crippen LogP contribution in [-0.2, 0) is 25.7 Å². The van der Waals surface area contributed by atoms with Crippen molar-refractivity contribution >= 4 is 50.6 Å². The third kappa shape index (κ3) is 3.67. The molecule has 4 aliphatic rings. The summed E-state index contributed by atoms with van der Waals surface area (Å²) in [6.45, 7) is 0.239. The lowest BCUT2D eigenvalue weighted by Gasteiger charge is -2.42. The number of ketones is 2. The van der Waals surface area contributed by atoms with Gasteiger partial charge in [0.05, 0.1) is 30.0 Å². The molecule has 2 heterocycles. The summed E-state index contributed by atoms with van der Waals surface area (Å²) in [6, 6.07) is 8.66. The number of nitrogens with zero attached hydrogens (tertiary/aromatic N) is 1. The number of amides is 2. The number of halogens is 1. The molecule has 0 saturated carbocycles. The number of benzene rings is 1. The summed E-state index contributed by atoms with van der Waals surface area (Å²) < 4.78 is 5.50. The Balaban J connectivity index is 1.47. The van der Waals surface area contributed by atoms with E-state index in [4.69, 9.17) is 4.74 Å². The molecule has 1 saturated heterocycles. The van der Waals surface area contributed by atoms with Crippen molar-refractivity contribution in [2.45, 2.75) is 25.3 Å². The fraction of sp³-hybridized carbons (Fsp3) is 0.286. The Morgan fingerprint density at radius 1 is 1.14 bits per heavy atom. The maximum atomic E-state index is 13.7. The first-order valence-electron chi connectivity index (χ1n) is 11.9. The molecule has 9 heteroatoms. The van der Waals surface area contributed by atoms with Crippen molar-refractivity contribution in [1.82, 2.24) is 4.90 Å². The highest BCUT2D eigenvalue weighted by Gasteiger charge is 2.56. The fourth-order valence-corrected chi connectivity index (χ4v) is 7.38. The summed E-state index contributed by atoms with van der Waals surface area (Å²) >= 11 is 4.73. The van der Waals surface area contributed by atoms with Gasteiger partial charge in [0.1, 0.15) is 0 Å². The van der Waals surface area contributed by atoms with Crippen molar-refractivity contribution in [1.29, 1.82) is 0 Å². The van der Waals surface area contributed by atoms with Crippen LogP contribution >= 0.6 is 27.3 Å². The summed E-state index contributed by atoms with van der Waals surface area (Å²) in [5.41, 5.74) is 2.29. The molecule has 1 aromatic carbocycles. The third-order valence-electron chi connectivity index (χ3n) is 7.85. The van der Waals surface area contributed by atoms with Gasteiger partial charge in [-0.2, -0.15) is 0 Å². The van der Waals surface area contributed by atoms with E-state index < -0.39 is 23.7 Å². The van der Waals surface area contributed by atoms with E-state index in [1.54, 1.807) is 12.1 Å². The standard InChI is InChI=1S/C28H22BrNO6S/c1-36-22-9-13(4-7-20(22)31)23-15-5-6-16-24(28(35)30(27(16)34)12-14-3-2-8-37-14)17(15)10-18-25(23)21(32)11-19(29)26(18)33/h2-5,7-9,11,16-17,23-24,31H,6,10,12H2,1H3. The molecule has 0 bridgehead atoms. The number of aromatic hydroxyl groups is 1. The van der Waals surface area contributed by atoms with E-state index in [1.165, 1.54) is 35.5 Å². The fourth-order valence-electron chi connectivity index (χ4n) is 6.24. The lowest BCUT2D eigenvalue weighted by Crippen LogP contribution is -2.39. The van der Waals surface area contributed by atoms with Crippen LogP contribution in [0.3, 0.4) is 0 Å². The molecule has 2 amide bonds. The number of rotatable bonds is 4. The molecule has 7 nitrogen and oxygen atoms in total. The minimum atomic E-state index is -0.601. The number of ether oxygens (including phenoxy) is 1. The number of Topliss-reactive ketones (excluding diaryl/α,β-unsaturated/α-hetero) is 1. The van der Waals surface area contributed by atoms with Crippen molar-refractivity contribution in [3.63, 3.8) is 0 Å². The highest BCUT2D eigenvalue weighted by atomic mass is 79.9. The summed E-state index contributed by atoms with van der Waals surface area (Å²) in [7, 11) is 1.44. The SMILES string of the molecule is COc1cc(C2C3=CCC4C(=O)N(Cc5cccs5)C(=O)C4C3CC3=C2C(=O)C=C(Br)C3=O)ccc1O. The molecule has 6 rings (SSSR count). The van der Waals surface area contributed by atoms with E-state index in [9.17, 15) is 24.3 Å². The van der Waals surface area contributed by atoms with E-state index in [-0.39, 0.29) is 52.3 Å². The van der Waals surface area contributed by atoms with Gasteiger partial charge < -0.3 is 9.84 Å². The number of likely N-dealkylation sites (tertiary alicyclic amines) is 1. The summed E-state index contributed by atoms with van der Waals surface area (Å²) in [5, 5.41) is 12.1. The Morgan fingerprint density at radius 2 is 1.95 bits per heavy atom. The zero-order valence-corrected chi connectivity index (χ0v) is 22.2. The quantitative estimate of drug-likeness (QED) is 0.327. The Morgan fingerprint density at radius 3 is 2.68 bits per heavy atom. The van der Waals surface area contributed by atoms with E-state index in [0.29, 0.717) is 23.1 Å². The number of carbonyl (C=O) groups excluding carboxylic acids is 4. The maximum Gasteiger partial charge on any atom is 0.234 e. The number of methoxy groups -OCH3 is 1. The van der Waals surface area contributed by atoms with E-state index in [1.807, 2.05) is 23.6 Å². The molecule has 0 spiro atoms. The molecule has 188 valence electrons. The predicted octanol–water partition coefficient (Wildman–Crippen LogP) is 4.42. The van der Waals surface area contributed by atoms with Gasteiger partial charge in [-0.25, -0.2) is 0 Å². The number of hydrogen-bond acceptors (Lipinski definition) is 7. The number of phenols is 1. The second-order valence-electron chi connectivity index (χ2n) is 9.67. The molecular weight excluding hydrogens is 558 g/mol. The van der Waals surface area contributed by atoms with Crippen molar-refractivity contribution in [2.24, 2.45) is 17.8 Å². The molecule has 0 radical (unpaired) electrons. The van der Waals surface area contributed by atoms with E-state index >= 15 is 0 Å². The van der Waals surface area contributed by atoms with Gasteiger partial charge in [-0.15, -0.1) is 11.3 Å². The maximum absolute atomic E-state index is 13.7. The van der Waals surface area contributed by atoms with Gasteiger partial charge in [-0.3, -0.25) is 24.1 Å². The van der Waals surface area contributed by atoms with E-state index in [2.05, 4.69) is 15.9 Å². The van der Waals surface area contributed by atoms with Crippen LogP contribution in [0.15, 0.2) is 69.1 Å². The van der Waals surface area contributed by atoms with Gasteiger partial charge in [-0.05, 0) is 63.8 Å². The van der Waals surface area contributed by atoms with Gasteiger partial charge in [0.15, 0.2) is 23.1 Å².